The fourth-order valence-corrected chi connectivity index (χ4v) is 5.05. The Kier molecular flexibility index (Phi) is 8.01. The summed E-state index contributed by atoms with van der Waals surface area (Å²) in [6, 6.07) is 13.5. The number of hydrogen-bond acceptors (Lipinski definition) is 8. The number of nitrogens with one attached hydrogen (secondary N) is 1. The maximum absolute atomic E-state index is 13.3. The van der Waals surface area contributed by atoms with Gasteiger partial charge in [-0.2, -0.15) is 0 Å². The highest BCUT2D eigenvalue weighted by atomic mass is 32.2. The second kappa shape index (κ2) is 11.4. The molecule has 0 saturated heterocycles. The van der Waals surface area contributed by atoms with Crippen LogP contribution in [0.2, 0.25) is 0 Å². The fraction of sp³-hybridized carbons (Fsp3) is 0.200. The summed E-state index contributed by atoms with van der Waals surface area (Å²) >= 11 is 2.41. The monoisotopic (exact) mass is 526 g/mol. The van der Waals surface area contributed by atoms with Crippen LogP contribution in [0.4, 0.5) is 9.39 Å². The molecule has 36 heavy (non-hydrogen) atoms. The van der Waals surface area contributed by atoms with Gasteiger partial charge in [-0.1, -0.05) is 42.1 Å². The maximum atomic E-state index is 13.3. The van der Waals surface area contributed by atoms with Crippen molar-refractivity contribution in [1.82, 2.24) is 14.8 Å². The van der Waals surface area contributed by atoms with Crippen molar-refractivity contribution in [1.29, 1.82) is 0 Å². The normalized spacial score (nSPS) is 10.8. The third-order valence-corrected chi connectivity index (χ3v) is 7.21. The number of amides is 1. The van der Waals surface area contributed by atoms with Crippen molar-refractivity contribution in [2.75, 3.05) is 18.2 Å². The number of aryl methyl sites for hydroxylation is 1. The summed E-state index contributed by atoms with van der Waals surface area (Å²) in [6.07, 6.45) is 0. The third kappa shape index (κ3) is 5.74. The van der Waals surface area contributed by atoms with E-state index >= 15 is 0 Å². The number of carbonyl (C=O) groups excluding carboxylic acids is 2. The Balaban J connectivity index is 1.40. The number of halogens is 1. The molecule has 1 N–H and O–H groups in total. The van der Waals surface area contributed by atoms with Gasteiger partial charge in [-0.05, 0) is 36.2 Å². The van der Waals surface area contributed by atoms with Crippen molar-refractivity contribution in [3.63, 3.8) is 0 Å². The zero-order chi connectivity index (χ0) is 25.7. The molecule has 0 fully saturated rings. The summed E-state index contributed by atoms with van der Waals surface area (Å²) in [6.45, 7) is 2.21. The summed E-state index contributed by atoms with van der Waals surface area (Å²) in [4.78, 5) is 25.2. The van der Waals surface area contributed by atoms with Crippen LogP contribution in [0.15, 0.2) is 59.1 Å². The molecule has 0 aliphatic rings. The standard InChI is InChI=1S/C25H23FN4O4S2/c1-15-6-4-5-7-19(15)34-12-20-28-29-25(30(20)2)36-14-21(31)27-23-22(24(32)33-3)18(13-35-23)16-8-10-17(26)11-9-16/h4-11,13H,12,14H2,1-3H3,(H,27,31). The average Bonchev–Trinajstić information content (AvgIpc) is 3.45. The first-order valence-electron chi connectivity index (χ1n) is 10.8. The number of carbonyl (C=O) groups is 2. The van der Waals surface area contributed by atoms with Crippen LogP contribution in [0.5, 0.6) is 5.75 Å². The van der Waals surface area contributed by atoms with E-state index in [9.17, 15) is 14.0 Å². The number of aromatic nitrogens is 3. The van der Waals surface area contributed by atoms with Crippen LogP contribution in [0, 0.1) is 12.7 Å². The van der Waals surface area contributed by atoms with Crippen LogP contribution < -0.4 is 10.1 Å². The highest BCUT2D eigenvalue weighted by Crippen LogP contribution is 2.36. The lowest BCUT2D eigenvalue weighted by molar-refractivity contribution is -0.113. The second-order valence-corrected chi connectivity index (χ2v) is 9.52. The van der Waals surface area contributed by atoms with E-state index in [1.165, 1.54) is 42.3 Å². The van der Waals surface area contributed by atoms with Crippen molar-refractivity contribution in [3.05, 3.63) is 76.7 Å². The van der Waals surface area contributed by atoms with Crippen LogP contribution in [-0.2, 0) is 23.2 Å². The molecule has 0 bridgehead atoms. The maximum Gasteiger partial charge on any atom is 0.341 e. The summed E-state index contributed by atoms with van der Waals surface area (Å²) in [5.74, 6) is 0.147. The van der Waals surface area contributed by atoms with E-state index in [4.69, 9.17) is 9.47 Å². The lowest BCUT2D eigenvalue weighted by Gasteiger charge is -2.09. The Morgan fingerprint density at radius 3 is 2.61 bits per heavy atom. The van der Waals surface area contributed by atoms with E-state index in [0.717, 1.165) is 11.3 Å². The van der Waals surface area contributed by atoms with E-state index in [1.54, 1.807) is 29.1 Å². The van der Waals surface area contributed by atoms with Crippen molar-refractivity contribution in [2.45, 2.75) is 18.7 Å². The van der Waals surface area contributed by atoms with Crippen LogP contribution >= 0.6 is 23.1 Å². The smallest absolute Gasteiger partial charge is 0.341 e. The SMILES string of the molecule is COC(=O)c1c(-c2ccc(F)cc2)csc1NC(=O)CSc1nnc(COc2ccccc2C)n1C. The number of methoxy groups -OCH3 is 1. The number of ether oxygens (including phenoxy) is 2. The van der Waals surface area contributed by atoms with Crippen molar-refractivity contribution < 1.29 is 23.5 Å². The molecule has 2 heterocycles. The highest BCUT2D eigenvalue weighted by molar-refractivity contribution is 7.99. The molecule has 8 nitrogen and oxygen atoms in total. The van der Waals surface area contributed by atoms with E-state index in [0.29, 0.717) is 27.1 Å². The zero-order valence-corrected chi connectivity index (χ0v) is 21.4. The van der Waals surface area contributed by atoms with Gasteiger partial charge in [-0.3, -0.25) is 4.79 Å². The number of esters is 1. The van der Waals surface area contributed by atoms with Crippen LogP contribution in [-0.4, -0.2) is 39.5 Å². The largest absolute Gasteiger partial charge is 0.485 e. The number of thioether (sulfide) groups is 1. The van der Waals surface area contributed by atoms with Gasteiger partial charge >= 0.3 is 5.97 Å². The molecule has 0 saturated carbocycles. The van der Waals surface area contributed by atoms with Gasteiger partial charge in [0.05, 0.1) is 12.9 Å². The van der Waals surface area contributed by atoms with Gasteiger partial charge in [0.2, 0.25) is 5.91 Å². The number of rotatable bonds is 9. The molecule has 2 aromatic heterocycles. The van der Waals surface area contributed by atoms with E-state index in [2.05, 4.69) is 15.5 Å². The molecule has 0 aliphatic heterocycles. The van der Waals surface area contributed by atoms with Crippen molar-refractivity contribution in [2.24, 2.45) is 7.05 Å². The molecule has 1 amide bonds. The lowest BCUT2D eigenvalue weighted by Crippen LogP contribution is -2.16. The first-order chi connectivity index (χ1) is 17.4. The minimum Gasteiger partial charge on any atom is -0.485 e. The van der Waals surface area contributed by atoms with Gasteiger partial charge in [0.15, 0.2) is 11.0 Å². The summed E-state index contributed by atoms with van der Waals surface area (Å²) in [5.41, 5.74) is 2.44. The number of para-hydroxylation sites is 1. The first kappa shape index (κ1) is 25.4. The Morgan fingerprint density at radius 1 is 1.14 bits per heavy atom. The average molecular weight is 527 g/mol. The second-order valence-electron chi connectivity index (χ2n) is 7.70. The van der Waals surface area contributed by atoms with Gasteiger partial charge in [0.1, 0.15) is 28.7 Å². The molecular weight excluding hydrogens is 503 g/mol. The molecule has 2 aromatic carbocycles. The Labute approximate surface area is 215 Å². The van der Waals surface area contributed by atoms with Crippen LogP contribution in [0.1, 0.15) is 21.7 Å². The molecular formula is C25H23FN4O4S2. The van der Waals surface area contributed by atoms with Gasteiger partial charge in [-0.15, -0.1) is 21.5 Å². The number of nitrogens with zero attached hydrogens (tertiary/aromatic N) is 3. The Morgan fingerprint density at radius 2 is 1.89 bits per heavy atom. The third-order valence-electron chi connectivity index (χ3n) is 5.30. The predicted molar refractivity (Wildman–Crippen MR) is 137 cm³/mol. The van der Waals surface area contributed by atoms with E-state index in [1.807, 2.05) is 31.2 Å². The number of hydrogen-bond donors (Lipinski definition) is 1. The molecule has 4 aromatic rings. The fourth-order valence-electron chi connectivity index (χ4n) is 3.35. The summed E-state index contributed by atoms with van der Waals surface area (Å²) < 4.78 is 25.9. The topological polar surface area (TPSA) is 95.3 Å². The minimum atomic E-state index is -0.592. The van der Waals surface area contributed by atoms with E-state index in [-0.39, 0.29) is 29.6 Å². The van der Waals surface area contributed by atoms with Crippen LogP contribution in [0.3, 0.4) is 0 Å². The van der Waals surface area contributed by atoms with Gasteiger partial charge in [0.25, 0.3) is 0 Å². The Hall–Kier alpha value is -3.70. The number of thiophene rings is 1. The van der Waals surface area contributed by atoms with Gasteiger partial charge < -0.3 is 19.4 Å². The molecule has 186 valence electrons. The predicted octanol–water partition coefficient (Wildman–Crippen LogP) is 5.09. The highest BCUT2D eigenvalue weighted by Gasteiger charge is 2.23. The number of benzene rings is 2. The minimum absolute atomic E-state index is 0.0506. The van der Waals surface area contributed by atoms with E-state index < -0.39 is 5.97 Å². The van der Waals surface area contributed by atoms with Crippen LogP contribution in [0.25, 0.3) is 11.1 Å². The molecule has 0 unspecified atom stereocenters. The molecule has 0 aliphatic carbocycles. The number of anilines is 1. The molecule has 11 heteroatoms. The molecule has 0 radical (unpaired) electrons. The van der Waals surface area contributed by atoms with Crippen molar-refractivity contribution >= 4 is 40.0 Å². The molecule has 0 atom stereocenters. The lowest BCUT2D eigenvalue weighted by atomic mass is 10.0. The first-order valence-corrected chi connectivity index (χ1v) is 12.7. The zero-order valence-electron chi connectivity index (χ0n) is 19.8. The van der Waals surface area contributed by atoms with Crippen molar-refractivity contribution in [3.8, 4) is 16.9 Å². The molecule has 4 rings (SSSR count). The summed E-state index contributed by atoms with van der Waals surface area (Å²) in [7, 11) is 3.07. The Bertz CT molecular complexity index is 1390. The quantitative estimate of drug-likeness (QED) is 0.240. The van der Waals surface area contributed by atoms with Gasteiger partial charge in [-0.25, -0.2) is 9.18 Å². The van der Waals surface area contributed by atoms with Gasteiger partial charge in [0, 0.05) is 18.0 Å². The summed E-state index contributed by atoms with van der Waals surface area (Å²) in [5, 5.41) is 13.7. The molecule has 0 spiro atoms.